The molecule has 2 amide bonds. The molecular weight excluding hydrogens is 398 g/mol. The minimum atomic E-state index is -0.584. The van der Waals surface area contributed by atoms with Gasteiger partial charge in [-0.3, -0.25) is 24.6 Å². The molecule has 0 atom stereocenters. The minimum absolute atomic E-state index is 0.0377. The van der Waals surface area contributed by atoms with Crippen molar-refractivity contribution in [3.63, 3.8) is 0 Å². The Morgan fingerprint density at radius 2 is 2.04 bits per heavy atom. The van der Waals surface area contributed by atoms with Crippen molar-refractivity contribution in [1.82, 2.24) is 14.8 Å². The summed E-state index contributed by atoms with van der Waals surface area (Å²) in [5.74, 6) is -1.31. The molecule has 0 saturated carbocycles. The number of nitrogens with zero attached hydrogens (tertiary/aromatic N) is 2. The van der Waals surface area contributed by atoms with Crippen LogP contribution < -0.4 is 5.32 Å². The predicted molar refractivity (Wildman–Crippen MR) is 111 cm³/mol. The van der Waals surface area contributed by atoms with Crippen molar-refractivity contribution in [2.75, 3.05) is 6.54 Å². The zero-order valence-corrected chi connectivity index (χ0v) is 16.5. The highest BCUT2D eigenvalue weighted by Gasteiger charge is 2.32. The summed E-state index contributed by atoms with van der Waals surface area (Å²) in [5, 5.41) is 2.99. The SMILES string of the molecule is C=CCN1C(=O)C(=Cc2cc(C(=O)c3cccc(Cl)c3)cn2C)C(=O)NC1=S. The van der Waals surface area contributed by atoms with Gasteiger partial charge in [0, 0.05) is 41.6 Å². The molecule has 2 aromatic rings. The number of hydrogen-bond acceptors (Lipinski definition) is 4. The maximum Gasteiger partial charge on any atom is 0.266 e. The molecule has 1 aromatic heterocycles. The molecule has 0 spiro atoms. The average molecular weight is 414 g/mol. The fourth-order valence-electron chi connectivity index (χ4n) is 2.78. The lowest BCUT2D eigenvalue weighted by Gasteiger charge is -2.27. The fraction of sp³-hybridized carbons (Fsp3) is 0.100. The molecule has 0 aliphatic carbocycles. The highest BCUT2D eigenvalue weighted by atomic mass is 35.5. The van der Waals surface area contributed by atoms with E-state index in [-0.39, 0.29) is 23.0 Å². The first-order valence-electron chi connectivity index (χ1n) is 8.28. The van der Waals surface area contributed by atoms with Gasteiger partial charge in [-0.2, -0.15) is 0 Å². The van der Waals surface area contributed by atoms with Crippen LogP contribution in [0.25, 0.3) is 6.08 Å². The molecule has 1 N–H and O–H groups in total. The summed E-state index contributed by atoms with van der Waals surface area (Å²) in [6.45, 7) is 3.77. The number of benzene rings is 1. The largest absolute Gasteiger partial charge is 0.350 e. The van der Waals surface area contributed by atoms with Gasteiger partial charge in [-0.1, -0.05) is 29.8 Å². The lowest BCUT2D eigenvalue weighted by atomic mass is 10.1. The number of hydrogen-bond donors (Lipinski definition) is 1. The number of ketones is 1. The molecule has 0 radical (unpaired) electrons. The molecule has 1 aliphatic rings. The average Bonchev–Trinajstić information content (AvgIpc) is 3.02. The molecule has 0 bridgehead atoms. The Balaban J connectivity index is 1.95. The Hall–Kier alpha value is -3.03. The van der Waals surface area contributed by atoms with Gasteiger partial charge in [0.15, 0.2) is 10.9 Å². The van der Waals surface area contributed by atoms with Crippen LogP contribution in [0.4, 0.5) is 0 Å². The standard InChI is InChI=1S/C20H16ClN3O3S/c1-3-7-24-19(27)16(18(26)22-20(24)28)10-15-9-13(11-23(15)2)17(25)12-5-4-6-14(21)8-12/h3-6,8-11H,1,7H2,2H3,(H,22,26,28). The number of rotatable bonds is 5. The number of carbonyl (C=O) groups is 3. The van der Waals surface area contributed by atoms with Gasteiger partial charge in [-0.15, -0.1) is 6.58 Å². The molecule has 1 aromatic carbocycles. The highest BCUT2D eigenvalue weighted by molar-refractivity contribution is 7.80. The molecular formula is C20H16ClN3O3S. The molecule has 0 unspecified atom stereocenters. The van der Waals surface area contributed by atoms with Gasteiger partial charge < -0.3 is 4.57 Å². The second-order valence-electron chi connectivity index (χ2n) is 6.13. The van der Waals surface area contributed by atoms with Crippen molar-refractivity contribution >= 4 is 52.6 Å². The van der Waals surface area contributed by atoms with Crippen molar-refractivity contribution in [3.8, 4) is 0 Å². The number of nitrogens with one attached hydrogen (secondary N) is 1. The van der Waals surface area contributed by atoms with E-state index in [1.807, 2.05) is 0 Å². The van der Waals surface area contributed by atoms with Gasteiger partial charge >= 0.3 is 0 Å². The summed E-state index contributed by atoms with van der Waals surface area (Å²) in [7, 11) is 1.72. The highest BCUT2D eigenvalue weighted by Crippen LogP contribution is 2.20. The number of aromatic nitrogens is 1. The number of amides is 2. The second kappa shape index (κ2) is 7.92. The topological polar surface area (TPSA) is 71.4 Å². The van der Waals surface area contributed by atoms with Crippen molar-refractivity contribution < 1.29 is 14.4 Å². The van der Waals surface area contributed by atoms with Gasteiger partial charge in [0.2, 0.25) is 0 Å². The monoisotopic (exact) mass is 413 g/mol. The maximum absolute atomic E-state index is 12.7. The molecule has 1 aliphatic heterocycles. The summed E-state index contributed by atoms with van der Waals surface area (Å²) in [5.41, 5.74) is 1.32. The van der Waals surface area contributed by atoms with Gasteiger partial charge in [-0.25, -0.2) is 0 Å². The summed E-state index contributed by atoms with van der Waals surface area (Å²) in [4.78, 5) is 38.8. The fourth-order valence-corrected chi connectivity index (χ4v) is 3.22. The van der Waals surface area contributed by atoms with E-state index in [0.29, 0.717) is 21.8 Å². The number of carbonyl (C=O) groups excluding carboxylic acids is 3. The number of halogens is 1. The second-order valence-corrected chi connectivity index (χ2v) is 6.95. The van der Waals surface area contributed by atoms with E-state index in [4.69, 9.17) is 23.8 Å². The van der Waals surface area contributed by atoms with E-state index in [9.17, 15) is 14.4 Å². The van der Waals surface area contributed by atoms with E-state index in [1.165, 1.54) is 17.1 Å². The molecule has 2 heterocycles. The Bertz CT molecular complexity index is 1050. The van der Waals surface area contributed by atoms with Crippen LogP contribution in [0.15, 0.2) is 54.8 Å². The quantitative estimate of drug-likeness (QED) is 0.269. The predicted octanol–water partition coefficient (Wildman–Crippen LogP) is 2.72. The summed E-state index contributed by atoms with van der Waals surface area (Å²) >= 11 is 11.0. The molecule has 1 fully saturated rings. The van der Waals surface area contributed by atoms with Crippen LogP contribution in [0.5, 0.6) is 0 Å². The third-order valence-electron chi connectivity index (χ3n) is 4.18. The first-order chi connectivity index (χ1) is 13.3. The van der Waals surface area contributed by atoms with E-state index >= 15 is 0 Å². The lowest BCUT2D eigenvalue weighted by Crippen LogP contribution is -2.53. The number of aryl methyl sites for hydroxylation is 1. The molecule has 6 nitrogen and oxygen atoms in total. The van der Waals surface area contributed by atoms with Crippen LogP contribution >= 0.6 is 23.8 Å². The lowest BCUT2D eigenvalue weighted by molar-refractivity contribution is -0.128. The Morgan fingerprint density at radius 1 is 1.29 bits per heavy atom. The van der Waals surface area contributed by atoms with E-state index in [1.54, 1.807) is 48.1 Å². The van der Waals surface area contributed by atoms with Crippen molar-refractivity contribution in [2.45, 2.75) is 0 Å². The van der Waals surface area contributed by atoms with Gasteiger partial charge in [0.25, 0.3) is 11.8 Å². The van der Waals surface area contributed by atoms with E-state index in [2.05, 4.69) is 11.9 Å². The normalized spacial score (nSPS) is 15.7. The maximum atomic E-state index is 12.7. The third kappa shape index (κ3) is 3.81. The van der Waals surface area contributed by atoms with E-state index < -0.39 is 11.8 Å². The van der Waals surface area contributed by atoms with Crippen LogP contribution in [-0.2, 0) is 16.6 Å². The molecule has 142 valence electrons. The van der Waals surface area contributed by atoms with Crippen molar-refractivity contribution in [2.24, 2.45) is 7.05 Å². The third-order valence-corrected chi connectivity index (χ3v) is 4.74. The molecule has 28 heavy (non-hydrogen) atoms. The van der Waals surface area contributed by atoms with Crippen molar-refractivity contribution in [3.05, 3.63) is 76.6 Å². The molecule has 3 rings (SSSR count). The zero-order chi connectivity index (χ0) is 20.4. The van der Waals surface area contributed by atoms with Crippen molar-refractivity contribution in [1.29, 1.82) is 0 Å². The van der Waals surface area contributed by atoms with Crippen LogP contribution in [0, 0.1) is 0 Å². The first kappa shape index (κ1) is 19.7. The Labute approximate surface area is 172 Å². The summed E-state index contributed by atoms with van der Waals surface area (Å²) in [6.07, 6.45) is 4.58. The van der Waals surface area contributed by atoms with Crippen LogP contribution in [0.2, 0.25) is 5.02 Å². The van der Waals surface area contributed by atoms with Gasteiger partial charge in [-0.05, 0) is 36.5 Å². The minimum Gasteiger partial charge on any atom is -0.350 e. The van der Waals surface area contributed by atoms with Crippen LogP contribution in [0.3, 0.4) is 0 Å². The smallest absolute Gasteiger partial charge is 0.266 e. The Kier molecular flexibility index (Phi) is 5.58. The summed E-state index contributed by atoms with van der Waals surface area (Å²) in [6, 6.07) is 8.25. The number of thiocarbonyl (C=S) groups is 1. The zero-order valence-electron chi connectivity index (χ0n) is 14.9. The summed E-state index contributed by atoms with van der Waals surface area (Å²) < 4.78 is 1.66. The van der Waals surface area contributed by atoms with Gasteiger partial charge in [0.05, 0.1) is 0 Å². The molecule has 8 heteroatoms. The van der Waals surface area contributed by atoms with Crippen LogP contribution in [-0.4, -0.2) is 38.7 Å². The first-order valence-corrected chi connectivity index (χ1v) is 9.07. The van der Waals surface area contributed by atoms with E-state index in [0.717, 1.165) is 0 Å². The molecule has 1 saturated heterocycles. The van der Waals surface area contributed by atoms with Crippen LogP contribution in [0.1, 0.15) is 21.6 Å². The Morgan fingerprint density at radius 3 is 2.71 bits per heavy atom. The van der Waals surface area contributed by atoms with Gasteiger partial charge in [0.1, 0.15) is 5.57 Å².